The highest BCUT2D eigenvalue weighted by Crippen LogP contribution is 2.13. The van der Waals surface area contributed by atoms with Crippen LogP contribution in [0.5, 0.6) is 0 Å². The molecular formula is C7H2F4O. The zero-order valence-corrected chi connectivity index (χ0v) is 5.57. The highest BCUT2D eigenvalue weighted by Gasteiger charge is 2.13. The van der Waals surface area contributed by atoms with Crippen LogP contribution in [0, 0.1) is 17.5 Å². The minimum atomic E-state index is -2.01. The van der Waals surface area contributed by atoms with Gasteiger partial charge in [-0.3, -0.25) is 4.79 Å². The maximum absolute atomic E-state index is 12.3. The summed E-state index contributed by atoms with van der Waals surface area (Å²) in [6.07, 6.45) is 0. The summed E-state index contributed by atoms with van der Waals surface area (Å²) in [6.45, 7) is 0. The maximum Gasteiger partial charge on any atom is 0.332 e. The molecule has 1 aromatic carbocycles. The van der Waals surface area contributed by atoms with Gasteiger partial charge in [0.15, 0.2) is 17.5 Å². The lowest BCUT2D eigenvalue weighted by molar-refractivity contribution is 0.0834. The number of hydrogen-bond donors (Lipinski definition) is 0. The number of halogens is 4. The number of hydrogen-bond acceptors (Lipinski definition) is 1. The third-order valence-corrected chi connectivity index (χ3v) is 1.21. The van der Waals surface area contributed by atoms with Gasteiger partial charge in [0.05, 0.1) is 5.56 Å². The van der Waals surface area contributed by atoms with Crippen molar-refractivity contribution in [3.63, 3.8) is 0 Å². The van der Waals surface area contributed by atoms with E-state index in [2.05, 4.69) is 0 Å². The second-order valence-corrected chi connectivity index (χ2v) is 2.03. The Hall–Kier alpha value is -1.39. The Bertz CT molecular complexity index is 311. The molecule has 1 aromatic rings. The van der Waals surface area contributed by atoms with Crippen LogP contribution in [0.4, 0.5) is 17.6 Å². The van der Waals surface area contributed by atoms with Crippen LogP contribution in [0.2, 0.25) is 0 Å². The summed E-state index contributed by atoms with van der Waals surface area (Å²) in [7, 11) is 0. The number of carbonyl (C=O) groups excluding carboxylic acids is 1. The first kappa shape index (κ1) is 8.70. The number of rotatable bonds is 1. The Kier molecular flexibility index (Phi) is 2.12. The third-order valence-electron chi connectivity index (χ3n) is 1.21. The largest absolute Gasteiger partial charge is 0.332 e. The van der Waals surface area contributed by atoms with Crippen molar-refractivity contribution in [2.24, 2.45) is 0 Å². The summed E-state index contributed by atoms with van der Waals surface area (Å²) in [5.74, 6) is -4.90. The molecule has 0 spiro atoms. The number of carbonyl (C=O) groups is 1. The van der Waals surface area contributed by atoms with Crippen LogP contribution < -0.4 is 0 Å². The Morgan fingerprint density at radius 1 is 1.08 bits per heavy atom. The molecule has 12 heavy (non-hydrogen) atoms. The highest BCUT2D eigenvalue weighted by atomic mass is 19.2. The van der Waals surface area contributed by atoms with Crippen molar-refractivity contribution in [1.29, 1.82) is 0 Å². The van der Waals surface area contributed by atoms with E-state index in [1.807, 2.05) is 0 Å². The third kappa shape index (κ3) is 1.44. The molecule has 0 bridgehead atoms. The van der Waals surface area contributed by atoms with Crippen molar-refractivity contribution in [2.75, 3.05) is 0 Å². The molecule has 0 aliphatic heterocycles. The first-order chi connectivity index (χ1) is 5.52. The summed E-state index contributed by atoms with van der Waals surface area (Å²) in [4.78, 5) is 9.94. The Morgan fingerprint density at radius 2 is 1.50 bits per heavy atom. The fraction of sp³-hybridized carbons (Fsp3) is 0. The summed E-state index contributed by atoms with van der Waals surface area (Å²) >= 11 is 0. The smallest absolute Gasteiger partial charge is 0.255 e. The van der Waals surface area contributed by atoms with Gasteiger partial charge in [-0.2, -0.15) is 4.39 Å². The minimum absolute atomic E-state index is 0.292. The van der Waals surface area contributed by atoms with Gasteiger partial charge in [0, 0.05) is 0 Å². The first-order valence-corrected chi connectivity index (χ1v) is 2.86. The van der Waals surface area contributed by atoms with Gasteiger partial charge < -0.3 is 0 Å². The molecule has 0 atom stereocenters. The van der Waals surface area contributed by atoms with Gasteiger partial charge in [0.1, 0.15) is 0 Å². The van der Waals surface area contributed by atoms with Crippen LogP contribution in [-0.2, 0) is 0 Å². The van der Waals surface area contributed by atoms with E-state index in [1.54, 1.807) is 0 Å². The fourth-order valence-corrected chi connectivity index (χ4v) is 0.669. The molecule has 0 radical (unpaired) electrons. The molecule has 0 aliphatic carbocycles. The zero-order valence-electron chi connectivity index (χ0n) is 5.57. The summed E-state index contributed by atoms with van der Waals surface area (Å²) in [6, 6.07) is -1.42. The first-order valence-electron chi connectivity index (χ1n) is 2.86. The van der Waals surface area contributed by atoms with Gasteiger partial charge in [-0.25, -0.2) is 13.2 Å². The molecule has 0 unspecified atom stereocenters. The van der Waals surface area contributed by atoms with Crippen molar-refractivity contribution in [1.82, 2.24) is 0 Å². The molecule has 1 rings (SSSR count). The van der Waals surface area contributed by atoms with E-state index in [0.717, 1.165) is 0 Å². The topological polar surface area (TPSA) is 17.1 Å². The van der Waals surface area contributed by atoms with Gasteiger partial charge in [-0.15, -0.1) is 0 Å². The molecule has 64 valence electrons. The average molecular weight is 178 g/mol. The van der Waals surface area contributed by atoms with Gasteiger partial charge in [0.2, 0.25) is 0 Å². The zero-order chi connectivity index (χ0) is 9.30. The van der Waals surface area contributed by atoms with Crippen LogP contribution in [0.1, 0.15) is 10.4 Å². The van der Waals surface area contributed by atoms with E-state index in [9.17, 15) is 22.4 Å². The molecule has 0 saturated carbocycles. The van der Waals surface area contributed by atoms with E-state index < -0.39 is 29.1 Å². The van der Waals surface area contributed by atoms with Gasteiger partial charge >= 0.3 is 6.04 Å². The van der Waals surface area contributed by atoms with Gasteiger partial charge in [-0.1, -0.05) is 0 Å². The van der Waals surface area contributed by atoms with Crippen LogP contribution in [0.15, 0.2) is 12.1 Å². The summed E-state index contributed by atoms with van der Waals surface area (Å²) in [5.41, 5.74) is -0.841. The van der Waals surface area contributed by atoms with E-state index in [-0.39, 0.29) is 0 Å². The van der Waals surface area contributed by atoms with Crippen molar-refractivity contribution in [2.45, 2.75) is 0 Å². The molecular weight excluding hydrogens is 176 g/mol. The monoisotopic (exact) mass is 178 g/mol. The molecule has 0 amide bonds. The molecule has 0 aliphatic rings. The molecule has 0 fully saturated rings. The quantitative estimate of drug-likeness (QED) is 0.366. The predicted molar refractivity (Wildman–Crippen MR) is 31.8 cm³/mol. The van der Waals surface area contributed by atoms with Crippen LogP contribution >= 0.6 is 0 Å². The fourth-order valence-electron chi connectivity index (χ4n) is 0.669. The second kappa shape index (κ2) is 2.92. The lowest BCUT2D eigenvalue weighted by Crippen LogP contribution is -1.97. The van der Waals surface area contributed by atoms with Gasteiger partial charge in [-0.05, 0) is 12.1 Å². The molecule has 0 heterocycles. The summed E-state index contributed by atoms with van der Waals surface area (Å²) in [5, 5.41) is 0. The standard InChI is InChI=1S/C7H2F4O/c8-4-1-3(7(11)12)2-5(9)6(4)10/h1-2H. The van der Waals surface area contributed by atoms with E-state index in [4.69, 9.17) is 0 Å². The molecule has 0 saturated heterocycles. The van der Waals surface area contributed by atoms with Crippen molar-refractivity contribution in [3.05, 3.63) is 35.1 Å². The number of benzene rings is 1. The minimum Gasteiger partial charge on any atom is -0.255 e. The van der Waals surface area contributed by atoms with Gasteiger partial charge in [0.25, 0.3) is 0 Å². The van der Waals surface area contributed by atoms with Crippen LogP contribution in [0.3, 0.4) is 0 Å². The van der Waals surface area contributed by atoms with Crippen LogP contribution in [0.25, 0.3) is 0 Å². The Balaban J connectivity index is 3.31. The Labute approximate surface area is 64.6 Å². The van der Waals surface area contributed by atoms with E-state index >= 15 is 0 Å². The average Bonchev–Trinajstić information content (AvgIpc) is 1.99. The lowest BCUT2D eigenvalue weighted by atomic mass is 10.2. The maximum atomic E-state index is 12.3. The molecule has 5 heteroatoms. The molecule has 0 N–H and O–H groups in total. The normalized spacial score (nSPS) is 10.0. The van der Waals surface area contributed by atoms with E-state index in [0.29, 0.717) is 12.1 Å². The second-order valence-electron chi connectivity index (χ2n) is 2.03. The summed E-state index contributed by atoms with van der Waals surface area (Å²) < 4.78 is 48.6. The lowest BCUT2D eigenvalue weighted by Gasteiger charge is -1.96. The Morgan fingerprint density at radius 3 is 1.83 bits per heavy atom. The predicted octanol–water partition coefficient (Wildman–Crippen LogP) is 2.21. The molecule has 0 aromatic heterocycles. The van der Waals surface area contributed by atoms with Crippen molar-refractivity contribution < 1.29 is 22.4 Å². The van der Waals surface area contributed by atoms with E-state index in [1.165, 1.54) is 0 Å². The van der Waals surface area contributed by atoms with Crippen molar-refractivity contribution in [3.8, 4) is 0 Å². The van der Waals surface area contributed by atoms with Crippen molar-refractivity contribution >= 4 is 6.04 Å². The SMILES string of the molecule is O=C(F)c1cc(F)c(F)c(F)c1. The molecule has 1 nitrogen and oxygen atoms in total. The highest BCUT2D eigenvalue weighted by molar-refractivity contribution is 5.88. The van der Waals surface area contributed by atoms with Crippen LogP contribution in [-0.4, -0.2) is 6.04 Å².